The Morgan fingerprint density at radius 3 is 2.80 bits per heavy atom. The van der Waals surface area contributed by atoms with Crippen molar-refractivity contribution in [2.24, 2.45) is 0 Å². The first kappa shape index (κ1) is 12.7. The summed E-state index contributed by atoms with van der Waals surface area (Å²) in [6, 6.07) is 5.29. The molecule has 0 radical (unpaired) electrons. The third-order valence-corrected chi connectivity index (χ3v) is 3.05. The van der Waals surface area contributed by atoms with Gasteiger partial charge in [0.1, 0.15) is 11.5 Å². The number of hydrogen-bond donors (Lipinski definition) is 2. The van der Waals surface area contributed by atoms with E-state index in [0.29, 0.717) is 22.3 Å². The van der Waals surface area contributed by atoms with Gasteiger partial charge in [-0.15, -0.1) is 0 Å². The second-order valence-corrected chi connectivity index (χ2v) is 4.51. The second kappa shape index (κ2) is 4.64. The predicted molar refractivity (Wildman–Crippen MR) is 73.1 cm³/mol. The van der Waals surface area contributed by atoms with Crippen molar-refractivity contribution in [2.75, 3.05) is 11.1 Å². The van der Waals surface area contributed by atoms with Gasteiger partial charge in [-0.05, 0) is 18.2 Å². The third kappa shape index (κ3) is 2.14. The van der Waals surface area contributed by atoms with E-state index >= 15 is 0 Å². The fourth-order valence-electron chi connectivity index (χ4n) is 1.84. The van der Waals surface area contributed by atoms with Gasteiger partial charge in [0, 0.05) is 11.8 Å². The van der Waals surface area contributed by atoms with Gasteiger partial charge in [0.05, 0.1) is 16.6 Å². The van der Waals surface area contributed by atoms with Crippen molar-refractivity contribution < 1.29 is 13.2 Å². The highest BCUT2D eigenvalue weighted by Crippen LogP contribution is 2.35. The Kier molecular flexibility index (Phi) is 2.94. The zero-order valence-corrected chi connectivity index (χ0v) is 10.7. The average Bonchev–Trinajstić information content (AvgIpc) is 2.70. The standard InChI is InChI=1S/C13H8ClF2N3O/c14-8-3-6(1-2-9(8)15)19-12-7-4-11(16)18-5-10(7)20-13(12)17/h1-5,19H,17H2. The van der Waals surface area contributed by atoms with Gasteiger partial charge in [-0.3, -0.25) is 0 Å². The maximum atomic E-state index is 13.2. The number of nitrogen functional groups attached to an aromatic ring is 1. The number of pyridine rings is 1. The van der Waals surface area contributed by atoms with E-state index in [9.17, 15) is 8.78 Å². The second-order valence-electron chi connectivity index (χ2n) is 4.10. The number of hydrogen-bond acceptors (Lipinski definition) is 4. The van der Waals surface area contributed by atoms with Gasteiger partial charge in [-0.1, -0.05) is 11.6 Å². The minimum absolute atomic E-state index is 0.0331. The van der Waals surface area contributed by atoms with Crippen LogP contribution in [0.15, 0.2) is 34.9 Å². The van der Waals surface area contributed by atoms with Crippen LogP contribution < -0.4 is 11.1 Å². The summed E-state index contributed by atoms with van der Waals surface area (Å²) in [5.74, 6) is -1.11. The molecule has 3 aromatic rings. The smallest absolute Gasteiger partial charge is 0.215 e. The summed E-state index contributed by atoms with van der Waals surface area (Å²) < 4.78 is 31.6. The molecule has 2 heterocycles. The van der Waals surface area contributed by atoms with Gasteiger partial charge in [-0.25, -0.2) is 9.37 Å². The Balaban J connectivity index is 2.07. The van der Waals surface area contributed by atoms with Gasteiger partial charge in [0.2, 0.25) is 11.8 Å². The molecule has 102 valence electrons. The number of halogens is 3. The number of aromatic nitrogens is 1. The largest absolute Gasteiger partial charge is 0.437 e. The Labute approximate surface area is 117 Å². The van der Waals surface area contributed by atoms with Crippen molar-refractivity contribution in [3.8, 4) is 0 Å². The molecule has 0 aliphatic carbocycles. The lowest BCUT2D eigenvalue weighted by Gasteiger charge is -2.06. The average molecular weight is 296 g/mol. The van der Waals surface area contributed by atoms with E-state index in [2.05, 4.69) is 10.3 Å². The van der Waals surface area contributed by atoms with Gasteiger partial charge >= 0.3 is 0 Å². The molecule has 4 nitrogen and oxygen atoms in total. The third-order valence-electron chi connectivity index (χ3n) is 2.76. The minimum Gasteiger partial charge on any atom is -0.437 e. The molecule has 0 fully saturated rings. The molecule has 0 unspecified atom stereocenters. The zero-order chi connectivity index (χ0) is 14.3. The molecule has 0 saturated heterocycles. The quantitative estimate of drug-likeness (QED) is 0.699. The van der Waals surface area contributed by atoms with Crippen molar-refractivity contribution in [3.63, 3.8) is 0 Å². The number of nitrogens with one attached hydrogen (secondary N) is 1. The van der Waals surface area contributed by atoms with E-state index in [0.717, 1.165) is 0 Å². The lowest BCUT2D eigenvalue weighted by atomic mass is 10.2. The van der Waals surface area contributed by atoms with E-state index in [1.165, 1.54) is 30.5 Å². The number of anilines is 3. The molecule has 2 aromatic heterocycles. The van der Waals surface area contributed by atoms with Crippen LogP contribution in [-0.4, -0.2) is 4.98 Å². The topological polar surface area (TPSA) is 64.1 Å². The molecule has 0 saturated carbocycles. The molecule has 3 rings (SSSR count). The lowest BCUT2D eigenvalue weighted by Crippen LogP contribution is -1.94. The van der Waals surface area contributed by atoms with Gasteiger partial charge < -0.3 is 15.5 Å². The van der Waals surface area contributed by atoms with Crippen molar-refractivity contribution in [2.45, 2.75) is 0 Å². The van der Waals surface area contributed by atoms with E-state index in [1.54, 1.807) is 0 Å². The molecule has 0 aliphatic heterocycles. The van der Waals surface area contributed by atoms with Crippen LogP contribution in [0.2, 0.25) is 5.02 Å². The lowest BCUT2D eigenvalue weighted by molar-refractivity contribution is 0.580. The SMILES string of the molecule is Nc1oc2cnc(F)cc2c1Nc1ccc(F)c(Cl)c1. The summed E-state index contributed by atoms with van der Waals surface area (Å²) in [7, 11) is 0. The first-order valence-electron chi connectivity index (χ1n) is 5.60. The van der Waals surface area contributed by atoms with Crippen molar-refractivity contribution >= 4 is 39.8 Å². The highest BCUT2D eigenvalue weighted by atomic mass is 35.5. The first-order chi connectivity index (χ1) is 9.54. The Morgan fingerprint density at radius 2 is 2.05 bits per heavy atom. The summed E-state index contributed by atoms with van der Waals surface area (Å²) in [6.07, 6.45) is 1.24. The highest BCUT2D eigenvalue weighted by Gasteiger charge is 2.14. The maximum Gasteiger partial charge on any atom is 0.215 e. The molecule has 0 spiro atoms. The first-order valence-corrected chi connectivity index (χ1v) is 5.98. The molecule has 3 N–H and O–H groups in total. The van der Waals surface area contributed by atoms with Crippen molar-refractivity contribution in [3.05, 3.63) is 47.2 Å². The van der Waals surface area contributed by atoms with Crippen LogP contribution in [-0.2, 0) is 0 Å². The number of nitrogens with zero attached hydrogens (tertiary/aromatic N) is 1. The van der Waals surface area contributed by atoms with Gasteiger partial charge in [0.15, 0.2) is 5.58 Å². The fraction of sp³-hybridized carbons (Fsp3) is 0. The molecular weight excluding hydrogens is 288 g/mol. The van der Waals surface area contributed by atoms with Crippen LogP contribution in [0.1, 0.15) is 0 Å². The fourth-order valence-corrected chi connectivity index (χ4v) is 2.02. The molecule has 0 bridgehead atoms. The molecular formula is C13H8ClF2N3O. The van der Waals surface area contributed by atoms with Crippen molar-refractivity contribution in [1.82, 2.24) is 4.98 Å². The predicted octanol–water partition coefficient (Wildman–Crippen LogP) is 4.09. The van der Waals surface area contributed by atoms with Crippen LogP contribution in [0.5, 0.6) is 0 Å². The summed E-state index contributed by atoms with van der Waals surface area (Å²) in [6.45, 7) is 0. The number of fused-ring (bicyclic) bond motifs is 1. The van der Waals surface area contributed by atoms with Crippen LogP contribution >= 0.6 is 11.6 Å². The number of rotatable bonds is 2. The molecule has 0 aliphatic rings. The van der Waals surface area contributed by atoms with E-state index < -0.39 is 11.8 Å². The summed E-state index contributed by atoms with van der Waals surface area (Å²) in [5.41, 5.74) is 6.96. The van der Waals surface area contributed by atoms with E-state index in [1.807, 2.05) is 0 Å². The van der Waals surface area contributed by atoms with Crippen LogP contribution in [0, 0.1) is 11.8 Å². The Hall–Kier alpha value is -2.34. The molecule has 20 heavy (non-hydrogen) atoms. The highest BCUT2D eigenvalue weighted by molar-refractivity contribution is 6.31. The van der Waals surface area contributed by atoms with Crippen LogP contribution in [0.3, 0.4) is 0 Å². The summed E-state index contributed by atoms with van der Waals surface area (Å²) in [5, 5.41) is 3.33. The monoisotopic (exact) mass is 295 g/mol. The number of nitrogens with two attached hydrogens (primary N) is 1. The van der Waals surface area contributed by atoms with Gasteiger partial charge in [-0.2, -0.15) is 4.39 Å². The molecule has 1 aromatic carbocycles. The zero-order valence-electron chi connectivity index (χ0n) is 9.95. The molecule has 7 heteroatoms. The molecule has 0 amide bonds. The van der Waals surface area contributed by atoms with Crippen LogP contribution in [0.4, 0.5) is 26.0 Å². The Bertz CT molecular complexity index is 804. The maximum absolute atomic E-state index is 13.2. The minimum atomic E-state index is -0.654. The summed E-state index contributed by atoms with van der Waals surface area (Å²) >= 11 is 5.70. The van der Waals surface area contributed by atoms with E-state index in [-0.39, 0.29) is 10.9 Å². The van der Waals surface area contributed by atoms with Crippen LogP contribution in [0.25, 0.3) is 11.0 Å². The molecule has 0 atom stereocenters. The summed E-state index contributed by atoms with van der Waals surface area (Å²) in [4.78, 5) is 3.48. The number of benzene rings is 1. The number of furan rings is 1. The van der Waals surface area contributed by atoms with Gasteiger partial charge in [0.25, 0.3) is 0 Å². The normalized spacial score (nSPS) is 10.9. The van der Waals surface area contributed by atoms with E-state index in [4.69, 9.17) is 21.8 Å². The Morgan fingerprint density at radius 1 is 1.25 bits per heavy atom. The van der Waals surface area contributed by atoms with Crippen molar-refractivity contribution in [1.29, 1.82) is 0 Å².